The molecule has 2 aromatic carbocycles. The van der Waals surface area contributed by atoms with Crippen molar-refractivity contribution in [1.82, 2.24) is 10.6 Å². The van der Waals surface area contributed by atoms with Crippen LogP contribution in [0.1, 0.15) is 11.1 Å². The average Bonchev–Trinajstić information content (AvgIpc) is 2.65. The smallest absolute Gasteiger partial charge is 0.191 e. The van der Waals surface area contributed by atoms with E-state index in [1.54, 1.807) is 21.3 Å². The summed E-state index contributed by atoms with van der Waals surface area (Å²) in [5.74, 6) is 2.29. The minimum atomic E-state index is 0.605. The molecule has 25 heavy (non-hydrogen) atoms. The van der Waals surface area contributed by atoms with Crippen LogP contribution in [0.2, 0.25) is 5.02 Å². The maximum absolute atomic E-state index is 5.90. The molecule has 0 atom stereocenters. The van der Waals surface area contributed by atoms with Crippen LogP contribution in [0.3, 0.4) is 0 Å². The van der Waals surface area contributed by atoms with Crippen LogP contribution in [0.4, 0.5) is 0 Å². The fraction of sp³-hybridized carbons (Fsp3) is 0.316. The molecule has 0 aliphatic carbocycles. The van der Waals surface area contributed by atoms with Gasteiger partial charge < -0.3 is 20.1 Å². The number of hydrogen-bond donors (Lipinski definition) is 2. The van der Waals surface area contributed by atoms with Crippen molar-refractivity contribution in [3.63, 3.8) is 0 Å². The normalized spacial score (nSPS) is 11.1. The van der Waals surface area contributed by atoms with Crippen LogP contribution in [0, 0.1) is 0 Å². The molecule has 0 fully saturated rings. The number of nitrogens with zero attached hydrogens (tertiary/aromatic N) is 1. The van der Waals surface area contributed by atoms with Crippen molar-refractivity contribution < 1.29 is 9.47 Å². The Hall–Kier alpha value is -2.40. The molecule has 0 spiro atoms. The van der Waals surface area contributed by atoms with Gasteiger partial charge in [0.05, 0.1) is 14.2 Å². The summed E-state index contributed by atoms with van der Waals surface area (Å²) in [6, 6.07) is 13.6. The van der Waals surface area contributed by atoms with Crippen molar-refractivity contribution in [2.75, 3.05) is 27.8 Å². The molecule has 0 saturated heterocycles. The van der Waals surface area contributed by atoms with Crippen LogP contribution in [0.15, 0.2) is 47.5 Å². The molecule has 0 bridgehead atoms. The first-order chi connectivity index (χ1) is 12.2. The zero-order chi connectivity index (χ0) is 18.1. The largest absolute Gasteiger partial charge is 0.497 e. The average molecular weight is 362 g/mol. The van der Waals surface area contributed by atoms with Gasteiger partial charge in [-0.1, -0.05) is 23.7 Å². The quantitative estimate of drug-likeness (QED) is 0.587. The van der Waals surface area contributed by atoms with Gasteiger partial charge in [0.2, 0.25) is 0 Å². The predicted octanol–water partition coefficient (Wildman–Crippen LogP) is 3.26. The van der Waals surface area contributed by atoms with Gasteiger partial charge in [0.15, 0.2) is 5.96 Å². The highest BCUT2D eigenvalue weighted by molar-refractivity contribution is 6.30. The second kappa shape index (κ2) is 9.79. The van der Waals surface area contributed by atoms with Crippen molar-refractivity contribution in [1.29, 1.82) is 0 Å². The molecule has 0 amide bonds. The fourth-order valence-electron chi connectivity index (χ4n) is 2.37. The molecule has 0 unspecified atom stereocenters. The minimum absolute atomic E-state index is 0.605. The molecular weight excluding hydrogens is 338 g/mol. The lowest BCUT2D eigenvalue weighted by atomic mass is 10.1. The van der Waals surface area contributed by atoms with E-state index in [0.29, 0.717) is 6.54 Å². The van der Waals surface area contributed by atoms with E-state index in [9.17, 15) is 0 Å². The Labute approximate surface area is 154 Å². The lowest BCUT2D eigenvalue weighted by Crippen LogP contribution is -2.37. The standard InChI is InChI=1S/C19H24ClN3O2/c1-21-19(22-11-10-14-4-7-16(20)8-5-14)23-13-15-6-9-17(24-2)12-18(15)25-3/h4-9,12H,10-11,13H2,1-3H3,(H2,21,22,23). The molecule has 2 rings (SSSR count). The van der Waals surface area contributed by atoms with Gasteiger partial charge in [0.1, 0.15) is 11.5 Å². The topological polar surface area (TPSA) is 54.9 Å². The summed E-state index contributed by atoms with van der Waals surface area (Å²) < 4.78 is 10.6. The number of aliphatic imine (C=N–C) groups is 1. The highest BCUT2D eigenvalue weighted by Gasteiger charge is 2.06. The third-order valence-electron chi connectivity index (χ3n) is 3.78. The van der Waals surface area contributed by atoms with Crippen LogP contribution < -0.4 is 20.1 Å². The van der Waals surface area contributed by atoms with Crippen LogP contribution >= 0.6 is 11.6 Å². The summed E-state index contributed by atoms with van der Waals surface area (Å²) >= 11 is 5.90. The van der Waals surface area contributed by atoms with Crippen molar-refractivity contribution in [3.05, 3.63) is 58.6 Å². The molecule has 0 aliphatic rings. The van der Waals surface area contributed by atoms with Crippen LogP contribution in [-0.4, -0.2) is 33.8 Å². The van der Waals surface area contributed by atoms with E-state index in [2.05, 4.69) is 15.6 Å². The van der Waals surface area contributed by atoms with Gasteiger partial charge in [-0.05, 0) is 36.2 Å². The Bertz CT molecular complexity index is 702. The summed E-state index contributed by atoms with van der Waals surface area (Å²) in [6.07, 6.45) is 0.893. The number of rotatable bonds is 7. The zero-order valence-electron chi connectivity index (χ0n) is 14.8. The van der Waals surface area contributed by atoms with Crippen LogP contribution in [0.25, 0.3) is 0 Å². The van der Waals surface area contributed by atoms with E-state index in [0.717, 1.165) is 41.0 Å². The molecule has 134 valence electrons. The van der Waals surface area contributed by atoms with Crippen molar-refractivity contribution in [2.45, 2.75) is 13.0 Å². The number of nitrogens with one attached hydrogen (secondary N) is 2. The zero-order valence-corrected chi connectivity index (χ0v) is 15.6. The van der Waals surface area contributed by atoms with Gasteiger partial charge in [-0.2, -0.15) is 0 Å². The summed E-state index contributed by atoms with van der Waals surface area (Å²) in [7, 11) is 5.04. The van der Waals surface area contributed by atoms with Crippen LogP contribution in [-0.2, 0) is 13.0 Å². The molecule has 0 radical (unpaired) electrons. The number of methoxy groups -OCH3 is 2. The SMILES string of the molecule is CN=C(NCCc1ccc(Cl)cc1)NCc1ccc(OC)cc1OC. The Morgan fingerprint density at radius 3 is 2.44 bits per heavy atom. The monoisotopic (exact) mass is 361 g/mol. The third-order valence-corrected chi connectivity index (χ3v) is 4.04. The highest BCUT2D eigenvalue weighted by atomic mass is 35.5. The summed E-state index contributed by atoms with van der Waals surface area (Å²) in [6.45, 7) is 1.38. The molecule has 6 heteroatoms. The Morgan fingerprint density at radius 2 is 1.80 bits per heavy atom. The maximum Gasteiger partial charge on any atom is 0.191 e. The first-order valence-corrected chi connectivity index (χ1v) is 8.44. The van der Waals surface area contributed by atoms with E-state index < -0.39 is 0 Å². The van der Waals surface area contributed by atoms with Gasteiger partial charge in [0.25, 0.3) is 0 Å². The van der Waals surface area contributed by atoms with Crippen molar-refractivity contribution in [2.24, 2.45) is 4.99 Å². The van der Waals surface area contributed by atoms with Crippen LogP contribution in [0.5, 0.6) is 11.5 Å². The second-order valence-corrected chi connectivity index (χ2v) is 5.84. The second-order valence-electron chi connectivity index (χ2n) is 5.41. The molecule has 5 nitrogen and oxygen atoms in total. The number of benzene rings is 2. The molecular formula is C19H24ClN3O2. The van der Waals surface area contributed by atoms with Gasteiger partial charge in [0, 0.05) is 36.8 Å². The van der Waals surface area contributed by atoms with E-state index >= 15 is 0 Å². The number of hydrogen-bond acceptors (Lipinski definition) is 3. The summed E-state index contributed by atoms with van der Waals surface area (Å²) in [5, 5.41) is 7.35. The Balaban J connectivity index is 1.85. The van der Waals surface area contributed by atoms with Gasteiger partial charge in [-0.3, -0.25) is 4.99 Å². The number of halogens is 1. The summed E-state index contributed by atoms with van der Waals surface area (Å²) in [4.78, 5) is 4.25. The highest BCUT2D eigenvalue weighted by Crippen LogP contribution is 2.24. The van der Waals surface area contributed by atoms with Gasteiger partial charge in [-0.25, -0.2) is 0 Å². The first kappa shape index (κ1) is 18.9. The Kier molecular flexibility index (Phi) is 7.41. The van der Waals surface area contributed by atoms with E-state index in [-0.39, 0.29) is 0 Å². The van der Waals surface area contributed by atoms with Gasteiger partial charge in [-0.15, -0.1) is 0 Å². The molecule has 0 saturated carbocycles. The molecule has 2 N–H and O–H groups in total. The number of ether oxygens (including phenoxy) is 2. The first-order valence-electron chi connectivity index (χ1n) is 8.06. The number of guanidine groups is 1. The van der Waals surface area contributed by atoms with E-state index in [4.69, 9.17) is 21.1 Å². The van der Waals surface area contributed by atoms with Gasteiger partial charge >= 0.3 is 0 Å². The molecule has 0 heterocycles. The maximum atomic E-state index is 5.90. The Morgan fingerprint density at radius 1 is 1.04 bits per heavy atom. The van der Waals surface area contributed by atoms with E-state index in [1.807, 2.05) is 42.5 Å². The predicted molar refractivity (Wildman–Crippen MR) is 103 cm³/mol. The van der Waals surface area contributed by atoms with Crippen molar-refractivity contribution >= 4 is 17.6 Å². The third kappa shape index (κ3) is 5.87. The fourth-order valence-corrected chi connectivity index (χ4v) is 2.50. The minimum Gasteiger partial charge on any atom is -0.497 e. The summed E-state index contributed by atoms with van der Waals surface area (Å²) in [5.41, 5.74) is 2.26. The lowest BCUT2D eigenvalue weighted by molar-refractivity contribution is 0.390. The molecule has 0 aliphatic heterocycles. The lowest BCUT2D eigenvalue weighted by Gasteiger charge is -2.14. The molecule has 0 aromatic heterocycles. The van der Waals surface area contributed by atoms with Crippen molar-refractivity contribution in [3.8, 4) is 11.5 Å². The van der Waals surface area contributed by atoms with E-state index in [1.165, 1.54) is 5.56 Å². The molecule has 2 aromatic rings.